The molecule has 0 aliphatic rings. The molecular weight excluding hydrogens is 300 g/mol. The van der Waals surface area contributed by atoms with Crippen LogP contribution in [0.15, 0.2) is 36.5 Å². The third kappa shape index (κ3) is 3.21. The van der Waals surface area contributed by atoms with Gasteiger partial charge in [-0.3, -0.25) is 9.59 Å². The molecule has 0 radical (unpaired) electrons. The maximum atomic E-state index is 12.0. The van der Waals surface area contributed by atoms with E-state index in [-0.39, 0.29) is 22.3 Å². The normalized spacial score (nSPS) is 11.5. The molecule has 0 N–H and O–H groups in total. The molecule has 0 aliphatic carbocycles. The summed E-state index contributed by atoms with van der Waals surface area (Å²) in [6, 6.07) is 10.3. The van der Waals surface area contributed by atoms with Crippen LogP contribution in [0.4, 0.5) is 0 Å². The van der Waals surface area contributed by atoms with Crippen LogP contribution in [0.3, 0.4) is 0 Å². The molecule has 2 rings (SSSR count). The topological polar surface area (TPSA) is 70.8 Å². The molecule has 1 atom stereocenters. The van der Waals surface area contributed by atoms with Crippen LogP contribution in [0, 0.1) is 11.3 Å². The largest absolute Gasteiger partial charge is 0.299 e. The first kappa shape index (κ1) is 15.9. The molecule has 0 aliphatic heterocycles. The summed E-state index contributed by atoms with van der Waals surface area (Å²) in [5.74, 6) is -0.633. The number of pyridine rings is 1. The molecule has 0 spiro atoms. The van der Waals surface area contributed by atoms with Crippen molar-refractivity contribution in [1.29, 1.82) is 5.26 Å². The quantitative estimate of drug-likeness (QED) is 0.810. The monoisotopic (exact) mass is 312 g/mol. The third-order valence-electron chi connectivity index (χ3n) is 3.36. The fourth-order valence-corrected chi connectivity index (χ4v) is 2.48. The number of benzene rings is 1. The van der Waals surface area contributed by atoms with E-state index in [0.29, 0.717) is 11.1 Å². The average Bonchev–Trinajstić information content (AvgIpc) is 2.48. The maximum absolute atomic E-state index is 12.0. The second kappa shape index (κ2) is 6.50. The summed E-state index contributed by atoms with van der Waals surface area (Å²) in [6.07, 6.45) is 1.48. The van der Waals surface area contributed by atoms with Gasteiger partial charge in [-0.2, -0.15) is 5.26 Å². The third-order valence-corrected chi connectivity index (χ3v) is 3.65. The van der Waals surface area contributed by atoms with E-state index in [1.54, 1.807) is 30.3 Å². The highest BCUT2D eigenvalue weighted by molar-refractivity contribution is 6.31. The molecule has 4 nitrogen and oxygen atoms in total. The lowest BCUT2D eigenvalue weighted by atomic mass is 9.88. The van der Waals surface area contributed by atoms with Gasteiger partial charge >= 0.3 is 0 Å². The van der Waals surface area contributed by atoms with E-state index in [4.69, 9.17) is 16.9 Å². The Morgan fingerprint density at radius 3 is 2.27 bits per heavy atom. The number of nitriles is 1. The Balaban J connectivity index is 2.47. The molecule has 0 bridgehead atoms. The van der Waals surface area contributed by atoms with Gasteiger partial charge in [0.2, 0.25) is 0 Å². The van der Waals surface area contributed by atoms with Crippen LogP contribution in [0.1, 0.15) is 46.9 Å². The predicted molar refractivity (Wildman–Crippen MR) is 82.9 cm³/mol. The smallest absolute Gasteiger partial charge is 0.159 e. The lowest BCUT2D eigenvalue weighted by molar-refractivity contribution is -0.117. The number of halogens is 1. The Morgan fingerprint density at radius 2 is 1.82 bits per heavy atom. The lowest BCUT2D eigenvalue weighted by Gasteiger charge is -2.15. The van der Waals surface area contributed by atoms with Gasteiger partial charge in [0.1, 0.15) is 11.9 Å². The minimum absolute atomic E-state index is 0.0333. The first-order valence-electron chi connectivity index (χ1n) is 6.61. The fourth-order valence-electron chi connectivity index (χ4n) is 2.26. The number of ketones is 2. The van der Waals surface area contributed by atoms with Gasteiger partial charge in [0.25, 0.3) is 0 Å². The standard InChI is InChI=1S/C17H13ClN2O2/c1-10(21)12-3-5-13(6-4-12)17(11(2)22)14-7-15(18)16(8-19)20-9-14/h3-7,9,17H,1-2H3. The number of rotatable bonds is 4. The van der Waals surface area contributed by atoms with Crippen LogP contribution in [-0.4, -0.2) is 16.6 Å². The molecule has 0 fully saturated rings. The van der Waals surface area contributed by atoms with Crippen molar-refractivity contribution >= 4 is 23.2 Å². The SMILES string of the molecule is CC(=O)c1ccc(C(C(C)=O)c2cnc(C#N)c(Cl)c2)cc1. The van der Waals surface area contributed by atoms with Crippen LogP contribution in [0.25, 0.3) is 0 Å². The number of aromatic nitrogens is 1. The van der Waals surface area contributed by atoms with Crippen molar-refractivity contribution in [2.45, 2.75) is 19.8 Å². The highest BCUT2D eigenvalue weighted by Gasteiger charge is 2.21. The van der Waals surface area contributed by atoms with E-state index in [1.165, 1.54) is 20.0 Å². The fraction of sp³-hybridized carbons (Fsp3) is 0.176. The molecule has 0 saturated carbocycles. The van der Waals surface area contributed by atoms with Gasteiger partial charge in [-0.15, -0.1) is 0 Å². The summed E-state index contributed by atoms with van der Waals surface area (Å²) in [7, 11) is 0. The van der Waals surface area contributed by atoms with Gasteiger partial charge in [0, 0.05) is 11.8 Å². The number of carbonyl (C=O) groups is 2. The van der Waals surface area contributed by atoms with E-state index >= 15 is 0 Å². The zero-order chi connectivity index (χ0) is 16.3. The van der Waals surface area contributed by atoms with Crippen LogP contribution < -0.4 is 0 Å². The summed E-state index contributed by atoms with van der Waals surface area (Å²) in [5.41, 5.74) is 2.08. The zero-order valence-electron chi connectivity index (χ0n) is 12.1. The van der Waals surface area contributed by atoms with Crippen molar-refractivity contribution in [2.24, 2.45) is 0 Å². The second-order valence-electron chi connectivity index (χ2n) is 4.93. The van der Waals surface area contributed by atoms with Crippen molar-refractivity contribution in [3.63, 3.8) is 0 Å². The van der Waals surface area contributed by atoms with E-state index in [0.717, 1.165) is 5.56 Å². The van der Waals surface area contributed by atoms with Crippen LogP contribution in [0.5, 0.6) is 0 Å². The second-order valence-corrected chi connectivity index (χ2v) is 5.34. The van der Waals surface area contributed by atoms with Crippen molar-refractivity contribution in [3.05, 3.63) is 63.9 Å². The molecule has 1 aromatic carbocycles. The first-order valence-corrected chi connectivity index (χ1v) is 6.98. The molecule has 5 heteroatoms. The number of nitrogens with zero attached hydrogens (tertiary/aromatic N) is 2. The zero-order valence-corrected chi connectivity index (χ0v) is 12.9. The van der Waals surface area contributed by atoms with Crippen LogP contribution >= 0.6 is 11.6 Å². The van der Waals surface area contributed by atoms with Gasteiger partial charge in [-0.25, -0.2) is 4.98 Å². The van der Waals surface area contributed by atoms with E-state index < -0.39 is 5.92 Å². The van der Waals surface area contributed by atoms with Gasteiger partial charge in [-0.05, 0) is 31.0 Å². The summed E-state index contributed by atoms with van der Waals surface area (Å²) >= 11 is 5.99. The molecular formula is C17H13ClN2O2. The Bertz CT molecular complexity index is 776. The Morgan fingerprint density at radius 1 is 1.18 bits per heavy atom. The molecule has 1 heterocycles. The summed E-state index contributed by atoms with van der Waals surface area (Å²) in [5, 5.41) is 9.08. The molecule has 2 aromatic rings. The van der Waals surface area contributed by atoms with Gasteiger partial charge in [0.15, 0.2) is 11.5 Å². The highest BCUT2D eigenvalue weighted by atomic mass is 35.5. The van der Waals surface area contributed by atoms with Crippen molar-refractivity contribution in [3.8, 4) is 6.07 Å². The number of hydrogen-bond donors (Lipinski definition) is 0. The van der Waals surface area contributed by atoms with E-state index in [9.17, 15) is 9.59 Å². The number of hydrogen-bond acceptors (Lipinski definition) is 4. The predicted octanol–water partition coefficient (Wildman–Crippen LogP) is 3.53. The Kier molecular flexibility index (Phi) is 4.69. The maximum Gasteiger partial charge on any atom is 0.159 e. The minimum Gasteiger partial charge on any atom is -0.299 e. The summed E-state index contributed by atoms with van der Waals surface area (Å²) in [4.78, 5) is 27.3. The lowest BCUT2D eigenvalue weighted by Crippen LogP contribution is -2.11. The average molecular weight is 313 g/mol. The van der Waals surface area contributed by atoms with Crippen molar-refractivity contribution in [2.75, 3.05) is 0 Å². The molecule has 1 aromatic heterocycles. The van der Waals surface area contributed by atoms with Gasteiger partial charge in [-0.1, -0.05) is 35.9 Å². The Labute approximate surface area is 133 Å². The van der Waals surface area contributed by atoms with E-state index in [1.807, 2.05) is 6.07 Å². The van der Waals surface area contributed by atoms with Crippen molar-refractivity contribution in [1.82, 2.24) is 4.98 Å². The summed E-state index contributed by atoms with van der Waals surface area (Å²) in [6.45, 7) is 2.97. The Hall–Kier alpha value is -2.51. The molecule has 0 saturated heterocycles. The molecule has 0 amide bonds. The number of Topliss-reactive ketones (excluding diaryl/α,β-unsaturated/α-hetero) is 2. The van der Waals surface area contributed by atoms with Gasteiger partial charge < -0.3 is 0 Å². The molecule has 110 valence electrons. The van der Waals surface area contributed by atoms with E-state index in [2.05, 4.69) is 4.98 Å². The first-order chi connectivity index (χ1) is 10.4. The van der Waals surface area contributed by atoms with Crippen LogP contribution in [-0.2, 0) is 4.79 Å². The molecule has 1 unspecified atom stereocenters. The summed E-state index contributed by atoms with van der Waals surface area (Å²) < 4.78 is 0. The van der Waals surface area contributed by atoms with Gasteiger partial charge in [0.05, 0.1) is 10.9 Å². The van der Waals surface area contributed by atoms with Crippen molar-refractivity contribution < 1.29 is 9.59 Å². The number of carbonyl (C=O) groups excluding carboxylic acids is 2. The highest BCUT2D eigenvalue weighted by Crippen LogP contribution is 2.28. The molecule has 22 heavy (non-hydrogen) atoms. The van der Waals surface area contributed by atoms with Crippen LogP contribution in [0.2, 0.25) is 5.02 Å². The minimum atomic E-state index is -0.529.